The van der Waals surface area contributed by atoms with Crippen LogP contribution >= 0.6 is 0 Å². The largest absolute Gasteiger partial charge is 0.460 e. The first-order valence-corrected chi connectivity index (χ1v) is 20.9. The molecule has 54 heavy (non-hydrogen) atoms. The van der Waals surface area contributed by atoms with Crippen LogP contribution in [0, 0.1) is 62.1 Å². The number of ether oxygens (including phenoxy) is 2. The molecule has 5 fully saturated rings. The molecule has 1 aromatic carbocycles. The van der Waals surface area contributed by atoms with Crippen molar-refractivity contribution in [2.75, 3.05) is 13.1 Å². The monoisotopic (exact) mass is 738 g/mol. The number of carbonyl (C=O) groups excluding carboxylic acids is 4. The Kier molecular flexibility index (Phi) is 8.97. The summed E-state index contributed by atoms with van der Waals surface area (Å²) in [6.45, 7) is 17.1. The minimum Gasteiger partial charge on any atom is -0.460 e. The van der Waals surface area contributed by atoms with Crippen LogP contribution in [0.25, 0.3) is 0 Å². The molecule has 1 aromatic rings. The second kappa shape index (κ2) is 12.9. The van der Waals surface area contributed by atoms with Crippen LogP contribution in [0.4, 0.5) is 0 Å². The molecule has 1 heterocycles. The normalized spacial score (nSPS) is 43.0. The SMILES string of the molecule is CC1(C)[C@@H](C(=O)NCC(=O)O[C@H]2C3=NCCC2C3)CC[C@]2(C)[C@H]3C(=O)C=C4[C@@H]5C[C@@](C)(C(=O)OCc6ccccc6)CC[C@]5(C)CC[C@@]4(C)[C@]3(C)CC[C@@H]12. The second-order valence-corrected chi connectivity index (χ2v) is 20.5. The van der Waals surface area contributed by atoms with Gasteiger partial charge in [0.25, 0.3) is 0 Å². The van der Waals surface area contributed by atoms with Crippen molar-refractivity contribution in [3.63, 3.8) is 0 Å². The number of fused-ring (bicyclic) bond motifs is 9. The summed E-state index contributed by atoms with van der Waals surface area (Å²) < 4.78 is 11.7. The fourth-order valence-electron chi connectivity index (χ4n) is 13.8. The van der Waals surface area contributed by atoms with Crippen molar-refractivity contribution in [3.8, 4) is 0 Å². The molecule has 0 saturated heterocycles. The Morgan fingerprint density at radius 2 is 1.63 bits per heavy atom. The van der Waals surface area contributed by atoms with Crippen LogP contribution < -0.4 is 5.32 Å². The quantitative estimate of drug-likeness (QED) is 0.283. The highest BCUT2D eigenvalue weighted by molar-refractivity contribution is 5.97. The molecule has 292 valence electrons. The van der Waals surface area contributed by atoms with E-state index >= 15 is 0 Å². The van der Waals surface area contributed by atoms with Crippen molar-refractivity contribution in [1.82, 2.24) is 5.32 Å². The van der Waals surface area contributed by atoms with Crippen LogP contribution in [0.2, 0.25) is 0 Å². The maximum atomic E-state index is 14.9. The summed E-state index contributed by atoms with van der Waals surface area (Å²) in [5.41, 5.74) is 1.66. The lowest BCUT2D eigenvalue weighted by Gasteiger charge is -2.70. The molecule has 1 amide bonds. The molecule has 1 aliphatic heterocycles. The molecule has 1 unspecified atom stereocenters. The molecule has 0 aromatic heterocycles. The van der Waals surface area contributed by atoms with Gasteiger partial charge in [0, 0.05) is 24.3 Å². The summed E-state index contributed by atoms with van der Waals surface area (Å²) in [5, 5.41) is 2.95. The zero-order valence-corrected chi connectivity index (χ0v) is 33.7. The van der Waals surface area contributed by atoms with Gasteiger partial charge in [-0.2, -0.15) is 0 Å². The average molecular weight is 739 g/mol. The van der Waals surface area contributed by atoms with Gasteiger partial charge in [-0.1, -0.05) is 77.4 Å². The van der Waals surface area contributed by atoms with Crippen LogP contribution in [0.1, 0.15) is 125 Å². The predicted octanol–water partition coefficient (Wildman–Crippen LogP) is 8.22. The molecule has 8 rings (SSSR count). The van der Waals surface area contributed by atoms with Crippen molar-refractivity contribution in [2.45, 2.75) is 132 Å². The van der Waals surface area contributed by atoms with Crippen molar-refractivity contribution in [2.24, 2.45) is 67.1 Å². The van der Waals surface area contributed by atoms with Gasteiger partial charge in [0.1, 0.15) is 19.3 Å². The smallest absolute Gasteiger partial charge is 0.326 e. The molecular formula is C46H62N2O6. The first-order valence-electron chi connectivity index (χ1n) is 20.9. The number of aliphatic imine (C=N–C) groups is 1. The molecule has 1 N–H and O–H groups in total. The molecular weight excluding hydrogens is 677 g/mol. The number of allylic oxidation sites excluding steroid dienone is 2. The Morgan fingerprint density at radius 3 is 2.33 bits per heavy atom. The summed E-state index contributed by atoms with van der Waals surface area (Å²) in [6.07, 6.45) is 11.7. The van der Waals surface area contributed by atoms with E-state index in [1.807, 2.05) is 30.3 Å². The lowest BCUT2D eigenvalue weighted by molar-refractivity contribution is -0.195. The van der Waals surface area contributed by atoms with Gasteiger partial charge >= 0.3 is 11.9 Å². The Morgan fingerprint density at radius 1 is 0.889 bits per heavy atom. The number of nitrogens with zero attached hydrogens (tertiary/aromatic N) is 1. The summed E-state index contributed by atoms with van der Waals surface area (Å²) in [4.78, 5) is 59.8. The third-order valence-corrected chi connectivity index (χ3v) is 17.3. The summed E-state index contributed by atoms with van der Waals surface area (Å²) in [6, 6.07) is 9.88. The number of rotatable bonds is 7. The molecule has 0 radical (unpaired) electrons. The maximum Gasteiger partial charge on any atom is 0.326 e. The Bertz CT molecular complexity index is 1800. The van der Waals surface area contributed by atoms with Crippen LogP contribution in [0.15, 0.2) is 47.0 Å². The first-order chi connectivity index (χ1) is 25.5. The summed E-state index contributed by atoms with van der Waals surface area (Å²) in [7, 11) is 0. The van der Waals surface area contributed by atoms with Crippen molar-refractivity contribution in [1.29, 1.82) is 0 Å². The Balaban J connectivity index is 0.999. The average Bonchev–Trinajstić information content (AvgIpc) is 3.13. The van der Waals surface area contributed by atoms with E-state index in [0.29, 0.717) is 18.8 Å². The van der Waals surface area contributed by atoms with Gasteiger partial charge in [0.05, 0.1) is 11.1 Å². The fraction of sp³-hybridized carbons (Fsp3) is 0.717. The lowest BCUT2D eigenvalue weighted by atomic mass is 9.33. The lowest BCUT2D eigenvalue weighted by Crippen LogP contribution is -2.66. The van der Waals surface area contributed by atoms with Gasteiger partial charge in [-0.3, -0.25) is 24.2 Å². The summed E-state index contributed by atoms with van der Waals surface area (Å²) >= 11 is 0. The van der Waals surface area contributed by atoms with Crippen LogP contribution in [-0.4, -0.2) is 48.5 Å². The van der Waals surface area contributed by atoms with E-state index in [0.717, 1.165) is 75.6 Å². The second-order valence-electron chi connectivity index (χ2n) is 20.5. The van der Waals surface area contributed by atoms with Crippen molar-refractivity contribution in [3.05, 3.63) is 47.5 Å². The minimum absolute atomic E-state index is 0.0416. The molecule has 8 nitrogen and oxygen atoms in total. The minimum atomic E-state index is -0.604. The number of esters is 2. The standard InChI is InChI=1S/C46H62N2O6/c1-41(2)30(39(51)48-26-36(50)54-37-29-15-22-47-33(37)23-29)13-16-44(5)35(41)14-17-46(7)38(44)34(49)24-31-32-25-43(4,19-18-42(32,3)20-21-45(31,46)6)40(52)53-27-28-11-9-8-10-12-28/h8-12,24,29-30,32,35,37-38H,13-23,25-27H2,1-7H3,(H,48,51)/t29?,30-,32+,35+,37-,38-,42-,43+,44+,45-,46-/m1/s1. The molecule has 2 bridgehead atoms. The highest BCUT2D eigenvalue weighted by Crippen LogP contribution is 2.75. The molecule has 6 aliphatic carbocycles. The number of benzene rings is 1. The van der Waals surface area contributed by atoms with E-state index in [9.17, 15) is 19.2 Å². The van der Waals surface area contributed by atoms with E-state index in [1.165, 1.54) is 5.57 Å². The first kappa shape index (κ1) is 37.6. The van der Waals surface area contributed by atoms with Gasteiger partial charge in [0.15, 0.2) is 5.78 Å². The van der Waals surface area contributed by atoms with E-state index < -0.39 is 11.4 Å². The topological polar surface area (TPSA) is 111 Å². The maximum absolute atomic E-state index is 14.9. The molecule has 7 aliphatic rings. The van der Waals surface area contributed by atoms with E-state index in [4.69, 9.17) is 9.47 Å². The van der Waals surface area contributed by atoms with Crippen molar-refractivity contribution >= 4 is 29.3 Å². The van der Waals surface area contributed by atoms with Crippen LogP contribution in [0.3, 0.4) is 0 Å². The molecule has 0 spiro atoms. The van der Waals surface area contributed by atoms with E-state index in [1.54, 1.807) is 0 Å². The number of nitrogens with one attached hydrogen (secondary N) is 1. The van der Waals surface area contributed by atoms with Crippen LogP contribution in [-0.2, 0) is 35.3 Å². The molecule has 5 saturated carbocycles. The highest BCUT2D eigenvalue weighted by atomic mass is 16.5. The number of ketones is 1. The number of hydrogen-bond donors (Lipinski definition) is 1. The Labute approximate surface area is 322 Å². The highest BCUT2D eigenvalue weighted by Gasteiger charge is 2.70. The summed E-state index contributed by atoms with van der Waals surface area (Å²) in [5.74, 6) is -0.0660. The third-order valence-electron chi connectivity index (χ3n) is 17.3. The van der Waals surface area contributed by atoms with Gasteiger partial charge in [-0.25, -0.2) is 0 Å². The molecule has 11 atom stereocenters. The van der Waals surface area contributed by atoms with E-state index in [2.05, 4.69) is 64.9 Å². The van der Waals surface area contributed by atoms with Gasteiger partial charge in [-0.05, 0) is 128 Å². The van der Waals surface area contributed by atoms with Crippen molar-refractivity contribution < 1.29 is 28.7 Å². The van der Waals surface area contributed by atoms with Gasteiger partial charge in [0.2, 0.25) is 5.91 Å². The van der Waals surface area contributed by atoms with E-state index in [-0.39, 0.29) is 87.7 Å². The zero-order valence-electron chi connectivity index (χ0n) is 33.7. The van der Waals surface area contributed by atoms with Gasteiger partial charge < -0.3 is 14.8 Å². The van der Waals surface area contributed by atoms with Gasteiger partial charge in [-0.15, -0.1) is 0 Å². The Hall–Kier alpha value is -3.29. The van der Waals surface area contributed by atoms with Crippen LogP contribution in [0.5, 0.6) is 0 Å². The number of amides is 1. The zero-order chi connectivity index (χ0) is 38.5. The number of carbonyl (C=O) groups is 4. The third kappa shape index (κ3) is 5.60. The predicted molar refractivity (Wildman–Crippen MR) is 207 cm³/mol. The molecule has 8 heteroatoms. The fourth-order valence-corrected chi connectivity index (χ4v) is 13.8. The number of hydrogen-bond acceptors (Lipinski definition) is 7.